The highest BCUT2D eigenvalue weighted by molar-refractivity contribution is 6.29. The maximum atomic E-state index is 5.89. The lowest BCUT2D eigenvalue weighted by Gasteiger charge is -2.05. The highest BCUT2D eigenvalue weighted by Gasteiger charge is 2.11. The Morgan fingerprint density at radius 2 is 1.94 bits per heavy atom. The highest BCUT2D eigenvalue weighted by Crippen LogP contribution is 2.22. The first kappa shape index (κ1) is 11.2. The minimum Gasteiger partial charge on any atom is -0.279 e. The zero-order valence-electron chi connectivity index (χ0n) is 10.1. The molecule has 0 saturated carbocycles. The van der Waals surface area contributed by atoms with Crippen molar-refractivity contribution in [2.45, 2.75) is 13.8 Å². The van der Waals surface area contributed by atoms with E-state index in [1.165, 1.54) is 6.20 Å². The quantitative estimate of drug-likeness (QED) is 0.674. The lowest BCUT2D eigenvalue weighted by Crippen LogP contribution is -2.00. The molecule has 5 heteroatoms. The standard InChI is InChI=1S/C13H11ClN4/c1-8-4-3-5-10-13(8)16-9(2)18(10)12-7-15-6-11(14)17-12/h3-7H,1-2H3. The lowest BCUT2D eigenvalue weighted by atomic mass is 10.2. The van der Waals surface area contributed by atoms with Gasteiger partial charge in [0, 0.05) is 0 Å². The van der Waals surface area contributed by atoms with Gasteiger partial charge >= 0.3 is 0 Å². The van der Waals surface area contributed by atoms with E-state index in [9.17, 15) is 0 Å². The first-order valence-corrected chi connectivity index (χ1v) is 5.97. The third-order valence-electron chi connectivity index (χ3n) is 2.88. The molecule has 3 aromatic rings. The van der Waals surface area contributed by atoms with E-state index < -0.39 is 0 Å². The molecule has 0 fully saturated rings. The maximum absolute atomic E-state index is 5.89. The van der Waals surface area contributed by atoms with Crippen LogP contribution in [0.4, 0.5) is 0 Å². The van der Waals surface area contributed by atoms with Crippen LogP contribution in [0.25, 0.3) is 16.9 Å². The van der Waals surface area contributed by atoms with E-state index in [2.05, 4.69) is 15.0 Å². The lowest BCUT2D eigenvalue weighted by molar-refractivity contribution is 0.941. The molecule has 90 valence electrons. The van der Waals surface area contributed by atoms with Gasteiger partial charge in [-0.15, -0.1) is 0 Å². The van der Waals surface area contributed by atoms with Crippen LogP contribution in [-0.2, 0) is 0 Å². The van der Waals surface area contributed by atoms with Crippen molar-refractivity contribution in [3.05, 3.63) is 47.1 Å². The van der Waals surface area contributed by atoms with E-state index in [-0.39, 0.29) is 0 Å². The Bertz CT molecular complexity index is 733. The molecular weight excluding hydrogens is 248 g/mol. The van der Waals surface area contributed by atoms with Crippen molar-refractivity contribution < 1.29 is 0 Å². The van der Waals surface area contributed by atoms with Gasteiger partial charge in [-0.05, 0) is 25.5 Å². The Kier molecular flexibility index (Phi) is 2.52. The van der Waals surface area contributed by atoms with Gasteiger partial charge in [0.2, 0.25) is 0 Å². The molecule has 2 heterocycles. The first-order chi connectivity index (χ1) is 8.66. The second-order valence-corrected chi connectivity index (χ2v) is 4.52. The first-order valence-electron chi connectivity index (χ1n) is 5.59. The minimum atomic E-state index is 0.376. The molecule has 0 aliphatic heterocycles. The predicted molar refractivity (Wildman–Crippen MR) is 71.1 cm³/mol. The van der Waals surface area contributed by atoms with Crippen LogP contribution >= 0.6 is 11.6 Å². The molecule has 18 heavy (non-hydrogen) atoms. The number of fused-ring (bicyclic) bond motifs is 1. The Hall–Kier alpha value is -1.94. The average molecular weight is 259 g/mol. The maximum Gasteiger partial charge on any atom is 0.158 e. The third-order valence-corrected chi connectivity index (χ3v) is 3.06. The number of aryl methyl sites for hydroxylation is 2. The molecule has 3 rings (SSSR count). The van der Waals surface area contributed by atoms with Crippen LogP contribution in [0, 0.1) is 13.8 Å². The summed E-state index contributed by atoms with van der Waals surface area (Å²) in [5.74, 6) is 1.56. The van der Waals surface area contributed by atoms with Crippen LogP contribution in [0.1, 0.15) is 11.4 Å². The third kappa shape index (κ3) is 1.66. The minimum absolute atomic E-state index is 0.376. The van der Waals surface area contributed by atoms with E-state index in [1.807, 2.05) is 36.6 Å². The Morgan fingerprint density at radius 1 is 1.11 bits per heavy atom. The number of aromatic nitrogens is 4. The zero-order valence-corrected chi connectivity index (χ0v) is 10.8. The Labute approximate surface area is 109 Å². The van der Waals surface area contributed by atoms with Crippen LogP contribution in [0.5, 0.6) is 0 Å². The predicted octanol–water partition coefficient (Wildman–Crippen LogP) is 3.09. The number of halogens is 1. The number of hydrogen-bond donors (Lipinski definition) is 0. The van der Waals surface area contributed by atoms with Crippen molar-refractivity contribution >= 4 is 22.6 Å². The van der Waals surface area contributed by atoms with Crippen molar-refractivity contribution in [3.63, 3.8) is 0 Å². The van der Waals surface area contributed by atoms with Gasteiger partial charge in [0.05, 0.1) is 23.4 Å². The second kappa shape index (κ2) is 4.07. The summed E-state index contributed by atoms with van der Waals surface area (Å²) in [6.45, 7) is 3.99. The Morgan fingerprint density at radius 3 is 2.72 bits per heavy atom. The second-order valence-electron chi connectivity index (χ2n) is 4.14. The van der Waals surface area contributed by atoms with Gasteiger partial charge in [-0.25, -0.2) is 9.97 Å². The molecule has 0 aliphatic carbocycles. The summed E-state index contributed by atoms with van der Waals surface area (Å²) in [4.78, 5) is 12.9. The highest BCUT2D eigenvalue weighted by atomic mass is 35.5. The largest absolute Gasteiger partial charge is 0.279 e. The molecule has 0 amide bonds. The van der Waals surface area contributed by atoms with Crippen molar-refractivity contribution in [3.8, 4) is 5.82 Å². The number of imidazole rings is 1. The van der Waals surface area contributed by atoms with E-state index >= 15 is 0 Å². The summed E-state index contributed by atoms with van der Waals surface area (Å²) < 4.78 is 1.96. The monoisotopic (exact) mass is 258 g/mol. The molecule has 4 nitrogen and oxygen atoms in total. The fourth-order valence-electron chi connectivity index (χ4n) is 2.09. The zero-order chi connectivity index (χ0) is 12.7. The molecular formula is C13H11ClN4. The van der Waals surface area contributed by atoms with Crippen LogP contribution < -0.4 is 0 Å². The van der Waals surface area contributed by atoms with Crippen molar-refractivity contribution in [1.82, 2.24) is 19.5 Å². The Balaban J connectivity index is 2.36. The normalized spacial score (nSPS) is 11.1. The fraction of sp³-hybridized carbons (Fsp3) is 0.154. The molecule has 0 saturated heterocycles. The molecule has 0 radical (unpaired) electrons. The molecule has 1 aromatic carbocycles. The van der Waals surface area contributed by atoms with Crippen molar-refractivity contribution in [1.29, 1.82) is 0 Å². The molecule has 0 atom stereocenters. The van der Waals surface area contributed by atoms with Crippen molar-refractivity contribution in [2.75, 3.05) is 0 Å². The van der Waals surface area contributed by atoms with Crippen LogP contribution in [0.3, 0.4) is 0 Å². The molecule has 0 unspecified atom stereocenters. The van der Waals surface area contributed by atoms with Gasteiger partial charge < -0.3 is 0 Å². The van der Waals surface area contributed by atoms with E-state index in [0.29, 0.717) is 11.0 Å². The SMILES string of the molecule is Cc1cccc2c1nc(C)n2-c1cncc(Cl)n1. The molecule has 0 N–H and O–H groups in total. The summed E-state index contributed by atoms with van der Waals surface area (Å²) in [5.41, 5.74) is 3.14. The van der Waals surface area contributed by atoms with E-state index in [1.54, 1.807) is 6.20 Å². The topological polar surface area (TPSA) is 43.6 Å². The number of benzene rings is 1. The van der Waals surface area contributed by atoms with Gasteiger partial charge in [0.25, 0.3) is 0 Å². The number of nitrogens with zero attached hydrogens (tertiary/aromatic N) is 4. The summed E-state index contributed by atoms with van der Waals surface area (Å²) in [7, 11) is 0. The summed E-state index contributed by atoms with van der Waals surface area (Å²) in [6, 6.07) is 6.07. The van der Waals surface area contributed by atoms with Crippen molar-refractivity contribution in [2.24, 2.45) is 0 Å². The number of rotatable bonds is 1. The summed E-state index contributed by atoms with van der Waals surface area (Å²) in [5, 5.41) is 0.376. The van der Waals surface area contributed by atoms with Gasteiger partial charge in [-0.1, -0.05) is 23.7 Å². The van der Waals surface area contributed by atoms with E-state index in [0.717, 1.165) is 22.4 Å². The number of hydrogen-bond acceptors (Lipinski definition) is 3. The van der Waals surface area contributed by atoms with Gasteiger partial charge in [0.1, 0.15) is 11.0 Å². The van der Waals surface area contributed by atoms with Gasteiger partial charge in [0.15, 0.2) is 5.82 Å². The average Bonchev–Trinajstić information content (AvgIpc) is 2.67. The summed E-state index contributed by atoms with van der Waals surface area (Å²) in [6.07, 6.45) is 3.20. The summed E-state index contributed by atoms with van der Waals surface area (Å²) >= 11 is 5.89. The van der Waals surface area contributed by atoms with Gasteiger partial charge in [-0.2, -0.15) is 0 Å². The van der Waals surface area contributed by atoms with Crippen LogP contribution in [-0.4, -0.2) is 19.5 Å². The molecule has 2 aromatic heterocycles. The molecule has 0 bridgehead atoms. The molecule has 0 spiro atoms. The van der Waals surface area contributed by atoms with Crippen LogP contribution in [0.15, 0.2) is 30.6 Å². The van der Waals surface area contributed by atoms with Gasteiger partial charge in [-0.3, -0.25) is 9.55 Å². The van der Waals surface area contributed by atoms with Crippen LogP contribution in [0.2, 0.25) is 5.15 Å². The smallest absolute Gasteiger partial charge is 0.158 e. The fourth-order valence-corrected chi connectivity index (χ4v) is 2.23. The molecule has 0 aliphatic rings. The van der Waals surface area contributed by atoms with E-state index in [4.69, 9.17) is 11.6 Å². The number of para-hydroxylation sites is 1.